The van der Waals surface area contributed by atoms with Gasteiger partial charge in [-0.2, -0.15) is 0 Å². The first kappa shape index (κ1) is 13.9. The van der Waals surface area contributed by atoms with Crippen molar-refractivity contribution in [3.05, 3.63) is 64.7 Å². The molecule has 1 atom stereocenters. The van der Waals surface area contributed by atoms with E-state index in [0.717, 1.165) is 16.8 Å². The van der Waals surface area contributed by atoms with Crippen LogP contribution in [0.3, 0.4) is 0 Å². The van der Waals surface area contributed by atoms with E-state index in [2.05, 4.69) is 5.32 Å². The number of hydrogen-bond acceptors (Lipinski definition) is 2. The summed E-state index contributed by atoms with van der Waals surface area (Å²) in [7, 11) is 0. The second-order valence-electron chi connectivity index (χ2n) is 4.94. The maximum atomic E-state index is 9.78. The van der Waals surface area contributed by atoms with Crippen LogP contribution in [-0.4, -0.2) is 11.7 Å². The molecule has 2 N–H and O–H groups in total. The van der Waals surface area contributed by atoms with Gasteiger partial charge in [0.15, 0.2) is 0 Å². The van der Waals surface area contributed by atoms with Gasteiger partial charge < -0.3 is 10.4 Å². The molecule has 2 nitrogen and oxygen atoms in total. The van der Waals surface area contributed by atoms with Crippen LogP contribution in [0.2, 0.25) is 5.02 Å². The van der Waals surface area contributed by atoms with Crippen LogP contribution in [-0.2, 0) is 5.54 Å². The molecule has 0 saturated heterocycles. The first-order valence-electron chi connectivity index (χ1n) is 6.26. The zero-order valence-corrected chi connectivity index (χ0v) is 11.9. The summed E-state index contributed by atoms with van der Waals surface area (Å²) in [6.07, 6.45) is 0. The molecule has 0 fully saturated rings. The minimum absolute atomic E-state index is 0.0122. The minimum Gasteiger partial charge on any atom is -0.394 e. The largest absolute Gasteiger partial charge is 0.394 e. The van der Waals surface area contributed by atoms with Gasteiger partial charge in [0.2, 0.25) is 0 Å². The van der Waals surface area contributed by atoms with Gasteiger partial charge in [0, 0.05) is 10.7 Å². The molecule has 3 heteroatoms. The molecule has 1 unspecified atom stereocenters. The highest BCUT2D eigenvalue weighted by Gasteiger charge is 2.26. The third-order valence-corrected chi connectivity index (χ3v) is 3.57. The Morgan fingerprint density at radius 2 is 1.89 bits per heavy atom. The van der Waals surface area contributed by atoms with Gasteiger partial charge in [-0.1, -0.05) is 41.9 Å². The molecule has 19 heavy (non-hydrogen) atoms. The molecule has 0 aliphatic carbocycles. The van der Waals surface area contributed by atoms with Gasteiger partial charge in [0.1, 0.15) is 0 Å². The lowest BCUT2D eigenvalue weighted by Crippen LogP contribution is -2.36. The number of aliphatic hydroxyl groups is 1. The van der Waals surface area contributed by atoms with Crippen molar-refractivity contribution in [1.82, 2.24) is 0 Å². The third-order valence-electron chi connectivity index (χ3n) is 3.33. The number of hydrogen-bond donors (Lipinski definition) is 2. The molecule has 0 saturated carbocycles. The zero-order valence-electron chi connectivity index (χ0n) is 11.2. The van der Waals surface area contributed by atoms with E-state index in [-0.39, 0.29) is 6.61 Å². The highest BCUT2D eigenvalue weighted by Crippen LogP contribution is 2.28. The molecule has 0 aliphatic rings. The Morgan fingerprint density at radius 3 is 2.53 bits per heavy atom. The van der Waals surface area contributed by atoms with Gasteiger partial charge >= 0.3 is 0 Å². The maximum Gasteiger partial charge on any atom is 0.0828 e. The second kappa shape index (κ2) is 5.64. The van der Waals surface area contributed by atoms with Gasteiger partial charge in [-0.15, -0.1) is 0 Å². The van der Waals surface area contributed by atoms with Crippen molar-refractivity contribution < 1.29 is 5.11 Å². The molecule has 100 valence electrons. The van der Waals surface area contributed by atoms with Crippen molar-refractivity contribution in [3.8, 4) is 0 Å². The fourth-order valence-corrected chi connectivity index (χ4v) is 2.24. The van der Waals surface area contributed by atoms with Crippen LogP contribution < -0.4 is 5.32 Å². The number of anilines is 1. The summed E-state index contributed by atoms with van der Waals surface area (Å²) < 4.78 is 0. The molecular weight excluding hydrogens is 258 g/mol. The highest BCUT2D eigenvalue weighted by atomic mass is 35.5. The van der Waals surface area contributed by atoms with Crippen LogP contribution in [0, 0.1) is 6.92 Å². The number of halogens is 1. The third kappa shape index (κ3) is 3.09. The van der Waals surface area contributed by atoms with Gasteiger partial charge in [0.05, 0.1) is 12.1 Å². The first-order valence-corrected chi connectivity index (χ1v) is 6.64. The smallest absolute Gasteiger partial charge is 0.0828 e. The Hall–Kier alpha value is -1.51. The van der Waals surface area contributed by atoms with Gasteiger partial charge in [0.25, 0.3) is 0 Å². The molecule has 0 bridgehead atoms. The number of aliphatic hydroxyl groups excluding tert-OH is 1. The molecule has 0 radical (unpaired) electrons. The monoisotopic (exact) mass is 275 g/mol. The predicted octanol–water partition coefficient (Wildman–Crippen LogP) is 3.97. The lowest BCUT2D eigenvalue weighted by molar-refractivity contribution is 0.224. The van der Waals surface area contributed by atoms with Crippen LogP contribution in [0.5, 0.6) is 0 Å². The predicted molar refractivity (Wildman–Crippen MR) is 80.7 cm³/mol. The Balaban J connectivity index is 2.36. The molecule has 2 aromatic rings. The van der Waals surface area contributed by atoms with E-state index < -0.39 is 5.54 Å². The van der Waals surface area contributed by atoms with E-state index in [1.807, 2.05) is 62.4 Å². The van der Waals surface area contributed by atoms with E-state index in [1.54, 1.807) is 0 Å². The number of nitrogens with one attached hydrogen (secondary N) is 1. The fraction of sp³-hybridized carbons (Fsp3) is 0.250. The van der Waals surface area contributed by atoms with Crippen LogP contribution in [0.1, 0.15) is 18.1 Å². The van der Waals surface area contributed by atoms with E-state index in [1.165, 1.54) is 0 Å². The summed E-state index contributed by atoms with van der Waals surface area (Å²) in [4.78, 5) is 0. The number of rotatable bonds is 4. The van der Waals surface area contributed by atoms with Crippen LogP contribution in [0.4, 0.5) is 5.69 Å². The molecular formula is C16H18ClNO. The molecule has 0 aliphatic heterocycles. The Morgan fingerprint density at radius 1 is 1.16 bits per heavy atom. The number of benzene rings is 2. The van der Waals surface area contributed by atoms with Crippen LogP contribution in [0.15, 0.2) is 48.5 Å². The normalized spacial score (nSPS) is 13.9. The molecule has 2 rings (SSSR count). The summed E-state index contributed by atoms with van der Waals surface area (Å²) in [5.41, 5.74) is 2.56. The molecule has 0 spiro atoms. The summed E-state index contributed by atoms with van der Waals surface area (Å²) in [6.45, 7) is 3.99. The van der Waals surface area contributed by atoms with Crippen LogP contribution >= 0.6 is 11.6 Å². The molecule has 0 heterocycles. The Labute approximate surface area is 119 Å². The second-order valence-corrected chi connectivity index (χ2v) is 5.38. The van der Waals surface area contributed by atoms with E-state index in [4.69, 9.17) is 11.6 Å². The molecule has 0 aromatic heterocycles. The quantitative estimate of drug-likeness (QED) is 0.885. The zero-order chi connectivity index (χ0) is 13.9. The van der Waals surface area contributed by atoms with Crippen molar-refractivity contribution in [3.63, 3.8) is 0 Å². The Bertz CT molecular complexity index is 570. The standard InChI is InChI=1S/C16H18ClNO/c1-12-6-3-4-9-15(12)18-16(2,11-19)13-7-5-8-14(17)10-13/h3-10,18-19H,11H2,1-2H3. The van der Waals surface area contributed by atoms with E-state index in [9.17, 15) is 5.11 Å². The van der Waals surface area contributed by atoms with E-state index in [0.29, 0.717) is 5.02 Å². The van der Waals surface area contributed by atoms with Crippen molar-refractivity contribution in [2.75, 3.05) is 11.9 Å². The summed E-state index contributed by atoms with van der Waals surface area (Å²) in [6, 6.07) is 15.6. The van der Waals surface area contributed by atoms with Crippen LogP contribution in [0.25, 0.3) is 0 Å². The molecule has 2 aromatic carbocycles. The summed E-state index contributed by atoms with van der Waals surface area (Å²) in [5, 5.41) is 13.9. The lowest BCUT2D eigenvalue weighted by Gasteiger charge is -2.31. The van der Waals surface area contributed by atoms with Crippen molar-refractivity contribution in [2.45, 2.75) is 19.4 Å². The Kier molecular flexibility index (Phi) is 4.13. The van der Waals surface area contributed by atoms with Crippen molar-refractivity contribution >= 4 is 17.3 Å². The highest BCUT2D eigenvalue weighted by molar-refractivity contribution is 6.30. The topological polar surface area (TPSA) is 32.3 Å². The fourth-order valence-electron chi connectivity index (χ4n) is 2.05. The van der Waals surface area contributed by atoms with Crippen molar-refractivity contribution in [1.29, 1.82) is 0 Å². The maximum absolute atomic E-state index is 9.78. The average Bonchev–Trinajstić information content (AvgIpc) is 2.41. The van der Waals surface area contributed by atoms with Crippen molar-refractivity contribution in [2.24, 2.45) is 0 Å². The average molecular weight is 276 g/mol. The van der Waals surface area contributed by atoms with E-state index >= 15 is 0 Å². The number of para-hydroxylation sites is 1. The minimum atomic E-state index is -0.559. The van der Waals surface area contributed by atoms with Gasteiger partial charge in [-0.25, -0.2) is 0 Å². The number of aryl methyl sites for hydroxylation is 1. The summed E-state index contributed by atoms with van der Waals surface area (Å²) in [5.74, 6) is 0. The SMILES string of the molecule is Cc1ccccc1NC(C)(CO)c1cccc(Cl)c1. The lowest BCUT2D eigenvalue weighted by atomic mass is 9.92. The molecule has 0 amide bonds. The first-order chi connectivity index (χ1) is 9.05. The summed E-state index contributed by atoms with van der Waals surface area (Å²) >= 11 is 6.03. The van der Waals surface area contributed by atoms with Gasteiger partial charge in [-0.05, 0) is 43.2 Å². The van der Waals surface area contributed by atoms with Gasteiger partial charge in [-0.3, -0.25) is 0 Å².